The number of nitrogens with one attached hydrogen (secondary N) is 1. The summed E-state index contributed by atoms with van der Waals surface area (Å²) in [7, 11) is 0. The fraction of sp³-hybridized carbons (Fsp3) is 0.692. The Balaban J connectivity index is 1.68. The van der Waals surface area contributed by atoms with Crippen molar-refractivity contribution in [2.24, 2.45) is 5.73 Å². The van der Waals surface area contributed by atoms with Gasteiger partial charge in [-0.05, 0) is 55.7 Å². The van der Waals surface area contributed by atoms with Crippen molar-refractivity contribution >= 4 is 11.3 Å². The first-order valence-corrected chi connectivity index (χ1v) is 7.16. The number of aryl methyl sites for hydroxylation is 1. The van der Waals surface area contributed by atoms with Gasteiger partial charge in [-0.1, -0.05) is 6.92 Å². The monoisotopic (exact) mass is 238 g/mol. The summed E-state index contributed by atoms with van der Waals surface area (Å²) in [5, 5.41) is 5.70. The highest BCUT2D eigenvalue weighted by molar-refractivity contribution is 7.10. The molecule has 0 amide bonds. The molecular formula is C13H22N2S. The van der Waals surface area contributed by atoms with Crippen LogP contribution in [0.1, 0.15) is 43.0 Å². The predicted octanol–water partition coefficient (Wildman–Crippen LogP) is 2.67. The maximum absolute atomic E-state index is 6.18. The Morgan fingerprint density at radius 3 is 2.94 bits per heavy atom. The Kier molecular flexibility index (Phi) is 4.00. The van der Waals surface area contributed by atoms with E-state index in [1.165, 1.54) is 29.7 Å². The smallest absolute Gasteiger partial charge is 0.0302 e. The normalized spacial score (nSPS) is 18.4. The van der Waals surface area contributed by atoms with Crippen LogP contribution < -0.4 is 11.1 Å². The van der Waals surface area contributed by atoms with Crippen LogP contribution in [0.15, 0.2) is 11.4 Å². The maximum atomic E-state index is 6.18. The van der Waals surface area contributed by atoms with Gasteiger partial charge in [0.2, 0.25) is 0 Å². The van der Waals surface area contributed by atoms with Gasteiger partial charge in [-0.15, -0.1) is 11.3 Å². The van der Waals surface area contributed by atoms with Crippen molar-refractivity contribution in [3.63, 3.8) is 0 Å². The Morgan fingerprint density at radius 2 is 2.31 bits per heavy atom. The van der Waals surface area contributed by atoms with Crippen LogP contribution in [0.25, 0.3) is 0 Å². The van der Waals surface area contributed by atoms with E-state index in [2.05, 4.69) is 23.7 Å². The van der Waals surface area contributed by atoms with Gasteiger partial charge in [0.15, 0.2) is 0 Å². The number of hydrogen-bond acceptors (Lipinski definition) is 3. The molecule has 0 unspecified atom stereocenters. The summed E-state index contributed by atoms with van der Waals surface area (Å²) in [5.74, 6) is 0. The van der Waals surface area contributed by atoms with Crippen molar-refractivity contribution in [2.45, 2.75) is 51.1 Å². The standard InChI is InChI=1S/C13H22N2S/c1-2-11-4-9-16-12(11)10-15-8-7-13(14)5-3-6-13/h4,9,15H,2-3,5-8,10,14H2,1H3. The van der Waals surface area contributed by atoms with E-state index in [1.54, 1.807) is 0 Å². The molecule has 0 saturated heterocycles. The van der Waals surface area contributed by atoms with E-state index in [9.17, 15) is 0 Å². The Labute approximate surface area is 102 Å². The number of thiophene rings is 1. The largest absolute Gasteiger partial charge is 0.325 e. The molecule has 0 aromatic carbocycles. The van der Waals surface area contributed by atoms with Crippen LogP contribution in [0, 0.1) is 0 Å². The van der Waals surface area contributed by atoms with Crippen LogP contribution in [-0.4, -0.2) is 12.1 Å². The number of hydrogen-bond donors (Lipinski definition) is 2. The Morgan fingerprint density at radius 1 is 1.50 bits per heavy atom. The van der Waals surface area contributed by atoms with Gasteiger partial charge in [0, 0.05) is 17.0 Å². The molecule has 90 valence electrons. The van der Waals surface area contributed by atoms with Gasteiger partial charge < -0.3 is 11.1 Å². The third-order valence-electron chi connectivity index (χ3n) is 3.65. The van der Waals surface area contributed by atoms with E-state index in [4.69, 9.17) is 5.73 Å². The third kappa shape index (κ3) is 2.84. The molecule has 0 atom stereocenters. The molecule has 16 heavy (non-hydrogen) atoms. The SMILES string of the molecule is CCc1ccsc1CNCCC1(N)CCC1. The van der Waals surface area contributed by atoms with Gasteiger partial charge in [0.1, 0.15) is 0 Å². The van der Waals surface area contributed by atoms with Crippen molar-refractivity contribution in [1.82, 2.24) is 5.32 Å². The van der Waals surface area contributed by atoms with Gasteiger partial charge in [-0.3, -0.25) is 0 Å². The fourth-order valence-electron chi connectivity index (χ4n) is 2.26. The minimum absolute atomic E-state index is 0.163. The van der Waals surface area contributed by atoms with Crippen LogP contribution in [0.4, 0.5) is 0 Å². The predicted molar refractivity (Wildman–Crippen MR) is 70.8 cm³/mol. The molecule has 1 saturated carbocycles. The maximum Gasteiger partial charge on any atom is 0.0302 e. The average molecular weight is 238 g/mol. The molecule has 0 bridgehead atoms. The third-order valence-corrected chi connectivity index (χ3v) is 4.62. The molecule has 3 N–H and O–H groups in total. The highest BCUT2D eigenvalue weighted by Crippen LogP contribution is 2.31. The van der Waals surface area contributed by atoms with Gasteiger partial charge >= 0.3 is 0 Å². The summed E-state index contributed by atoms with van der Waals surface area (Å²) < 4.78 is 0. The number of rotatable bonds is 6. The zero-order valence-electron chi connectivity index (χ0n) is 10.1. The van der Waals surface area contributed by atoms with Crippen LogP contribution >= 0.6 is 11.3 Å². The summed E-state index contributed by atoms with van der Waals surface area (Å²) in [6, 6.07) is 2.23. The van der Waals surface area contributed by atoms with E-state index in [-0.39, 0.29) is 5.54 Å². The van der Waals surface area contributed by atoms with E-state index in [1.807, 2.05) is 11.3 Å². The van der Waals surface area contributed by atoms with Crippen LogP contribution in [0.5, 0.6) is 0 Å². The molecule has 0 aliphatic heterocycles. The lowest BCUT2D eigenvalue weighted by molar-refractivity contribution is 0.229. The van der Waals surface area contributed by atoms with Gasteiger partial charge in [-0.25, -0.2) is 0 Å². The van der Waals surface area contributed by atoms with Gasteiger partial charge in [-0.2, -0.15) is 0 Å². The van der Waals surface area contributed by atoms with Gasteiger partial charge in [0.25, 0.3) is 0 Å². The highest BCUT2D eigenvalue weighted by atomic mass is 32.1. The molecule has 0 spiro atoms. The average Bonchev–Trinajstić information content (AvgIpc) is 2.69. The van der Waals surface area contributed by atoms with Crippen molar-refractivity contribution in [3.05, 3.63) is 21.9 Å². The summed E-state index contributed by atoms with van der Waals surface area (Å²) in [6.07, 6.45) is 6.02. The lowest BCUT2D eigenvalue weighted by Gasteiger charge is -2.38. The molecule has 1 heterocycles. The topological polar surface area (TPSA) is 38.0 Å². The van der Waals surface area contributed by atoms with E-state index in [0.717, 1.165) is 25.9 Å². The number of nitrogens with two attached hydrogens (primary N) is 1. The molecule has 1 aliphatic carbocycles. The molecule has 1 aliphatic rings. The lowest BCUT2D eigenvalue weighted by atomic mass is 9.75. The lowest BCUT2D eigenvalue weighted by Crippen LogP contribution is -2.48. The summed E-state index contributed by atoms with van der Waals surface area (Å²) >= 11 is 1.86. The van der Waals surface area contributed by atoms with Crippen molar-refractivity contribution in [3.8, 4) is 0 Å². The highest BCUT2D eigenvalue weighted by Gasteiger charge is 2.31. The Bertz CT molecular complexity index is 328. The second kappa shape index (κ2) is 5.30. The van der Waals surface area contributed by atoms with Crippen LogP contribution in [0.2, 0.25) is 0 Å². The Hall–Kier alpha value is -0.380. The van der Waals surface area contributed by atoms with Crippen molar-refractivity contribution < 1.29 is 0 Å². The summed E-state index contributed by atoms with van der Waals surface area (Å²) in [5.41, 5.74) is 7.83. The van der Waals surface area contributed by atoms with Crippen LogP contribution in [-0.2, 0) is 13.0 Å². The first-order chi connectivity index (χ1) is 7.73. The minimum Gasteiger partial charge on any atom is -0.325 e. The quantitative estimate of drug-likeness (QED) is 0.748. The van der Waals surface area contributed by atoms with Gasteiger partial charge in [0.05, 0.1) is 0 Å². The minimum atomic E-state index is 0.163. The molecule has 3 heteroatoms. The molecule has 2 rings (SSSR count). The second-order valence-electron chi connectivity index (χ2n) is 4.87. The second-order valence-corrected chi connectivity index (χ2v) is 5.87. The molecular weight excluding hydrogens is 216 g/mol. The first-order valence-electron chi connectivity index (χ1n) is 6.28. The van der Waals surface area contributed by atoms with Crippen LogP contribution in [0.3, 0.4) is 0 Å². The molecule has 2 nitrogen and oxygen atoms in total. The molecule has 1 aromatic rings. The zero-order valence-corrected chi connectivity index (χ0v) is 10.9. The van der Waals surface area contributed by atoms with E-state index < -0.39 is 0 Å². The van der Waals surface area contributed by atoms with E-state index >= 15 is 0 Å². The fourth-order valence-corrected chi connectivity index (χ4v) is 3.20. The molecule has 1 aromatic heterocycles. The summed E-state index contributed by atoms with van der Waals surface area (Å²) in [4.78, 5) is 1.49. The molecule has 1 fully saturated rings. The first kappa shape index (κ1) is 12.1. The molecule has 0 radical (unpaired) electrons. The zero-order chi connectivity index (χ0) is 11.4. The van der Waals surface area contributed by atoms with Crippen molar-refractivity contribution in [1.29, 1.82) is 0 Å². The summed E-state index contributed by atoms with van der Waals surface area (Å²) in [6.45, 7) is 4.28. The van der Waals surface area contributed by atoms with E-state index in [0.29, 0.717) is 0 Å². The van der Waals surface area contributed by atoms with Crippen molar-refractivity contribution in [2.75, 3.05) is 6.54 Å².